The van der Waals surface area contributed by atoms with Gasteiger partial charge in [0.25, 0.3) is 0 Å². The van der Waals surface area contributed by atoms with Crippen LogP contribution in [0.5, 0.6) is 0 Å². The second-order valence-corrected chi connectivity index (χ2v) is 4.44. The van der Waals surface area contributed by atoms with Crippen molar-refractivity contribution >= 4 is 21.7 Å². The van der Waals surface area contributed by atoms with Crippen LogP contribution in [0.2, 0.25) is 0 Å². The van der Waals surface area contributed by atoms with Crippen molar-refractivity contribution < 1.29 is 5.11 Å². The first-order valence-corrected chi connectivity index (χ1v) is 5.37. The van der Waals surface area contributed by atoms with Crippen LogP contribution in [0.25, 0.3) is 0 Å². The van der Waals surface area contributed by atoms with E-state index in [1.54, 1.807) is 12.4 Å². The van der Waals surface area contributed by atoms with Crippen LogP contribution < -0.4 is 4.90 Å². The molecule has 0 spiro atoms. The van der Waals surface area contributed by atoms with Gasteiger partial charge in [0.1, 0.15) is 10.4 Å². The Kier molecular flexibility index (Phi) is 2.45. The fourth-order valence-corrected chi connectivity index (χ4v) is 1.72. The molecule has 0 radical (unpaired) electrons. The molecule has 1 aromatic heterocycles. The summed E-state index contributed by atoms with van der Waals surface area (Å²) in [6.07, 6.45) is 4.16. The average molecular weight is 258 g/mol. The molecule has 0 saturated carbocycles. The lowest BCUT2D eigenvalue weighted by Gasteiger charge is -2.46. The highest BCUT2D eigenvalue weighted by Crippen LogP contribution is 2.28. The third-order valence-electron chi connectivity index (χ3n) is 2.56. The number of aromatic nitrogens is 2. The molecule has 0 aromatic carbocycles. The zero-order valence-corrected chi connectivity index (χ0v) is 9.53. The molecule has 14 heavy (non-hydrogen) atoms. The Labute approximate surface area is 91.1 Å². The van der Waals surface area contributed by atoms with Crippen molar-refractivity contribution in [3.05, 3.63) is 17.0 Å². The second-order valence-electron chi connectivity index (χ2n) is 3.63. The Morgan fingerprint density at radius 2 is 2.21 bits per heavy atom. The van der Waals surface area contributed by atoms with E-state index in [4.69, 9.17) is 0 Å². The van der Waals surface area contributed by atoms with Crippen LogP contribution in [0, 0.1) is 0 Å². The fraction of sp³-hybridized carbons (Fsp3) is 0.556. The molecule has 0 aliphatic carbocycles. The molecule has 5 heteroatoms. The fourth-order valence-electron chi connectivity index (χ4n) is 1.52. The van der Waals surface area contributed by atoms with Gasteiger partial charge in [-0.05, 0) is 22.4 Å². The minimum Gasteiger partial charge on any atom is -0.386 e. The summed E-state index contributed by atoms with van der Waals surface area (Å²) in [5.74, 6) is 0.825. The Bertz CT molecular complexity index is 321. The van der Waals surface area contributed by atoms with Gasteiger partial charge in [-0.15, -0.1) is 0 Å². The highest BCUT2D eigenvalue weighted by atomic mass is 79.9. The molecule has 0 amide bonds. The molecule has 2 heterocycles. The molecule has 1 aliphatic heterocycles. The van der Waals surface area contributed by atoms with E-state index >= 15 is 0 Å². The molecular weight excluding hydrogens is 246 g/mol. The topological polar surface area (TPSA) is 49.2 Å². The van der Waals surface area contributed by atoms with E-state index in [-0.39, 0.29) is 0 Å². The number of hydrogen-bond donors (Lipinski definition) is 1. The van der Waals surface area contributed by atoms with Crippen LogP contribution >= 0.6 is 15.9 Å². The smallest absolute Gasteiger partial charge is 0.147 e. The lowest BCUT2D eigenvalue weighted by molar-refractivity contribution is 0.00802. The number of nitrogens with zero attached hydrogens (tertiary/aromatic N) is 3. The van der Waals surface area contributed by atoms with Gasteiger partial charge in [-0.25, -0.2) is 9.97 Å². The van der Waals surface area contributed by atoms with E-state index in [2.05, 4.69) is 25.9 Å². The molecule has 0 atom stereocenters. The molecule has 1 fully saturated rings. The molecule has 4 nitrogen and oxygen atoms in total. The quantitative estimate of drug-likeness (QED) is 0.866. The number of rotatable bonds is 2. The summed E-state index contributed by atoms with van der Waals surface area (Å²) < 4.78 is 0.729. The van der Waals surface area contributed by atoms with Gasteiger partial charge < -0.3 is 10.0 Å². The Morgan fingerprint density at radius 3 is 2.71 bits per heavy atom. The maximum atomic E-state index is 9.81. The summed E-state index contributed by atoms with van der Waals surface area (Å²) in [4.78, 5) is 10.3. The van der Waals surface area contributed by atoms with E-state index in [0.717, 1.165) is 16.8 Å². The molecule has 2 rings (SSSR count). The molecule has 76 valence electrons. The third kappa shape index (κ3) is 1.74. The summed E-state index contributed by atoms with van der Waals surface area (Å²) in [6.45, 7) is 3.30. The van der Waals surface area contributed by atoms with Crippen molar-refractivity contribution in [2.24, 2.45) is 0 Å². The summed E-state index contributed by atoms with van der Waals surface area (Å²) in [5.41, 5.74) is -0.519. The van der Waals surface area contributed by atoms with Gasteiger partial charge in [0.2, 0.25) is 0 Å². The molecule has 0 unspecified atom stereocenters. The summed E-state index contributed by atoms with van der Waals surface area (Å²) in [5, 5.41) is 9.81. The van der Waals surface area contributed by atoms with Crippen molar-refractivity contribution in [2.45, 2.75) is 18.9 Å². The second kappa shape index (κ2) is 3.47. The zero-order chi connectivity index (χ0) is 10.2. The standard InChI is InChI=1S/C9H12BrN3O/c1-2-9(14)5-13(6-9)8-4-11-7(10)3-12-8/h3-4,14H,2,5-6H2,1H3. The number of hydrogen-bond acceptors (Lipinski definition) is 4. The van der Waals surface area contributed by atoms with Crippen molar-refractivity contribution in [1.29, 1.82) is 0 Å². The highest BCUT2D eigenvalue weighted by Gasteiger charge is 2.40. The predicted molar refractivity (Wildman–Crippen MR) is 57.2 cm³/mol. The lowest BCUT2D eigenvalue weighted by atomic mass is 9.91. The Balaban J connectivity index is 2.03. The summed E-state index contributed by atoms with van der Waals surface area (Å²) in [6, 6.07) is 0. The van der Waals surface area contributed by atoms with Crippen molar-refractivity contribution in [3.8, 4) is 0 Å². The van der Waals surface area contributed by atoms with Crippen LogP contribution in [0.4, 0.5) is 5.82 Å². The predicted octanol–water partition coefficient (Wildman–Crippen LogP) is 1.20. The molecule has 0 bridgehead atoms. The van der Waals surface area contributed by atoms with Crippen molar-refractivity contribution in [2.75, 3.05) is 18.0 Å². The van der Waals surface area contributed by atoms with Gasteiger partial charge in [-0.2, -0.15) is 0 Å². The first kappa shape index (κ1) is 9.86. The van der Waals surface area contributed by atoms with Crippen molar-refractivity contribution in [1.82, 2.24) is 9.97 Å². The minimum absolute atomic E-state index is 0.519. The average Bonchev–Trinajstić information content (AvgIpc) is 2.15. The van der Waals surface area contributed by atoms with Gasteiger partial charge in [-0.1, -0.05) is 6.92 Å². The van der Waals surface area contributed by atoms with Gasteiger partial charge in [-0.3, -0.25) is 0 Å². The SMILES string of the molecule is CCC1(O)CN(c2cnc(Br)cn2)C1. The van der Waals surface area contributed by atoms with Gasteiger partial charge in [0.05, 0.1) is 31.1 Å². The first-order valence-electron chi connectivity index (χ1n) is 4.58. The largest absolute Gasteiger partial charge is 0.386 e. The number of aliphatic hydroxyl groups is 1. The summed E-state index contributed by atoms with van der Waals surface area (Å²) in [7, 11) is 0. The minimum atomic E-state index is -0.519. The molecule has 1 aliphatic rings. The molecule has 1 aromatic rings. The van der Waals surface area contributed by atoms with Crippen LogP contribution in [0.3, 0.4) is 0 Å². The number of anilines is 1. The number of halogens is 1. The van der Waals surface area contributed by atoms with E-state index in [9.17, 15) is 5.11 Å². The van der Waals surface area contributed by atoms with Crippen LogP contribution in [0.1, 0.15) is 13.3 Å². The van der Waals surface area contributed by atoms with Gasteiger partial charge >= 0.3 is 0 Å². The third-order valence-corrected chi connectivity index (χ3v) is 2.97. The Morgan fingerprint density at radius 1 is 1.50 bits per heavy atom. The molecule has 1 N–H and O–H groups in total. The first-order chi connectivity index (χ1) is 6.63. The molecule has 1 saturated heterocycles. The maximum absolute atomic E-state index is 9.81. The normalized spacial score (nSPS) is 19.2. The molecular formula is C9H12BrN3O. The van der Waals surface area contributed by atoms with Gasteiger partial charge in [0.15, 0.2) is 0 Å². The number of β-amino-alcohol motifs (C(OH)–C–C–N with tert-alkyl or cyclic N) is 1. The maximum Gasteiger partial charge on any atom is 0.147 e. The highest BCUT2D eigenvalue weighted by molar-refractivity contribution is 9.10. The van der Waals surface area contributed by atoms with E-state index in [1.807, 2.05) is 11.8 Å². The van der Waals surface area contributed by atoms with Crippen LogP contribution in [-0.2, 0) is 0 Å². The monoisotopic (exact) mass is 257 g/mol. The lowest BCUT2D eigenvalue weighted by Crippen LogP contribution is -2.61. The van der Waals surface area contributed by atoms with E-state index in [1.165, 1.54) is 0 Å². The Hall–Kier alpha value is -0.680. The summed E-state index contributed by atoms with van der Waals surface area (Å²) >= 11 is 3.23. The van der Waals surface area contributed by atoms with E-state index < -0.39 is 5.60 Å². The van der Waals surface area contributed by atoms with Crippen molar-refractivity contribution in [3.63, 3.8) is 0 Å². The van der Waals surface area contributed by atoms with Gasteiger partial charge in [0, 0.05) is 0 Å². The van der Waals surface area contributed by atoms with Crippen LogP contribution in [-0.4, -0.2) is 33.8 Å². The zero-order valence-electron chi connectivity index (χ0n) is 7.94. The van der Waals surface area contributed by atoms with E-state index in [0.29, 0.717) is 13.1 Å². The van der Waals surface area contributed by atoms with Crippen LogP contribution in [0.15, 0.2) is 17.0 Å².